The molecule has 2 N–H and O–H groups in total. The molecule has 0 heterocycles. The molecule has 0 saturated carbocycles. The number of aryl methyl sites for hydroxylation is 2. The number of hydrogen-bond donors (Lipinski definition) is 2. The predicted octanol–water partition coefficient (Wildman–Crippen LogP) is 6.14. The van der Waals surface area contributed by atoms with E-state index in [1.807, 2.05) is 12.1 Å². The molecule has 6 nitrogen and oxygen atoms in total. The number of carbonyl (C=O) groups is 4. The number of amides is 1. The SMILES string of the molecule is O=C(O)CCNC(=O)c1ccc(C(=O)C(=CC(=O)c2ccc(SC(F)(F)F)cc2)c2ccc3c(c2)CCC3)cc1. The summed E-state index contributed by atoms with van der Waals surface area (Å²) < 4.78 is 38.0. The number of nitrogens with one attached hydrogen (secondary N) is 1. The Morgan fingerprint density at radius 2 is 1.43 bits per heavy atom. The van der Waals surface area contributed by atoms with Gasteiger partial charge >= 0.3 is 11.5 Å². The second kappa shape index (κ2) is 12.3. The highest BCUT2D eigenvalue weighted by Crippen LogP contribution is 2.37. The van der Waals surface area contributed by atoms with E-state index in [1.165, 1.54) is 60.2 Å². The van der Waals surface area contributed by atoms with Gasteiger partial charge in [0.25, 0.3) is 5.91 Å². The van der Waals surface area contributed by atoms with Crippen LogP contribution in [0.2, 0.25) is 0 Å². The number of alkyl halides is 3. The third-order valence-corrected chi connectivity index (χ3v) is 7.07. The van der Waals surface area contributed by atoms with E-state index in [0.717, 1.165) is 24.8 Å². The Morgan fingerprint density at radius 1 is 0.825 bits per heavy atom. The summed E-state index contributed by atoms with van der Waals surface area (Å²) in [4.78, 5) is 49.6. The second-order valence-corrected chi connectivity index (χ2v) is 10.3. The normalized spacial score (nSPS) is 13.0. The van der Waals surface area contributed by atoms with Crippen molar-refractivity contribution in [2.75, 3.05) is 6.54 Å². The number of hydrogen-bond acceptors (Lipinski definition) is 5. The van der Waals surface area contributed by atoms with Crippen LogP contribution in [0.3, 0.4) is 0 Å². The van der Waals surface area contributed by atoms with Crippen molar-refractivity contribution in [2.45, 2.75) is 36.1 Å². The van der Waals surface area contributed by atoms with Gasteiger partial charge in [-0.25, -0.2) is 0 Å². The molecule has 3 aromatic carbocycles. The van der Waals surface area contributed by atoms with E-state index < -0.39 is 29.0 Å². The van der Waals surface area contributed by atoms with E-state index in [4.69, 9.17) is 5.11 Å². The first-order chi connectivity index (χ1) is 19.0. The number of benzene rings is 3. The maximum atomic E-state index is 13.6. The quantitative estimate of drug-likeness (QED) is 0.173. The summed E-state index contributed by atoms with van der Waals surface area (Å²) in [7, 11) is 0. The number of rotatable bonds is 10. The molecule has 3 aromatic rings. The Kier molecular flexibility index (Phi) is 8.89. The molecule has 40 heavy (non-hydrogen) atoms. The van der Waals surface area contributed by atoms with Gasteiger partial charge in [-0.3, -0.25) is 19.2 Å². The van der Waals surface area contributed by atoms with Gasteiger partial charge < -0.3 is 10.4 Å². The van der Waals surface area contributed by atoms with E-state index in [0.29, 0.717) is 5.56 Å². The molecular formula is C30H24F3NO5S. The van der Waals surface area contributed by atoms with Gasteiger partial charge in [-0.15, -0.1) is 0 Å². The summed E-state index contributed by atoms with van der Waals surface area (Å²) in [6.07, 6.45) is 3.73. The average Bonchev–Trinajstić information content (AvgIpc) is 3.38. The molecule has 1 aliphatic rings. The van der Waals surface area contributed by atoms with Gasteiger partial charge in [0.15, 0.2) is 11.6 Å². The summed E-state index contributed by atoms with van der Waals surface area (Å²) in [5.74, 6) is -2.54. The van der Waals surface area contributed by atoms with Gasteiger partial charge in [0.05, 0.1) is 6.42 Å². The first kappa shape index (κ1) is 28.8. The van der Waals surface area contributed by atoms with Crippen molar-refractivity contribution >= 4 is 40.8 Å². The lowest BCUT2D eigenvalue weighted by atomic mass is 9.92. The topological polar surface area (TPSA) is 101 Å². The lowest BCUT2D eigenvalue weighted by Crippen LogP contribution is -2.26. The highest BCUT2D eigenvalue weighted by Gasteiger charge is 2.29. The molecule has 0 aromatic heterocycles. The highest BCUT2D eigenvalue weighted by molar-refractivity contribution is 8.00. The molecule has 206 valence electrons. The average molecular weight is 568 g/mol. The van der Waals surface area contributed by atoms with Gasteiger partial charge in [0.1, 0.15) is 0 Å². The molecule has 0 saturated heterocycles. The molecule has 1 aliphatic carbocycles. The molecule has 0 atom stereocenters. The number of carbonyl (C=O) groups excluding carboxylic acids is 3. The highest BCUT2D eigenvalue weighted by atomic mass is 32.2. The van der Waals surface area contributed by atoms with Crippen LogP contribution in [0.15, 0.2) is 77.7 Å². The van der Waals surface area contributed by atoms with Crippen molar-refractivity contribution < 1.29 is 37.5 Å². The van der Waals surface area contributed by atoms with Gasteiger partial charge in [-0.1, -0.05) is 30.3 Å². The van der Waals surface area contributed by atoms with Crippen molar-refractivity contribution in [3.63, 3.8) is 0 Å². The van der Waals surface area contributed by atoms with Gasteiger partial charge in [0.2, 0.25) is 0 Å². The smallest absolute Gasteiger partial charge is 0.446 e. The number of carboxylic acid groups (broad SMARTS) is 1. The maximum Gasteiger partial charge on any atom is 0.446 e. The molecule has 0 radical (unpaired) electrons. The summed E-state index contributed by atoms with van der Waals surface area (Å²) in [5, 5.41) is 11.2. The fourth-order valence-corrected chi connectivity index (χ4v) is 4.91. The molecule has 0 unspecified atom stereocenters. The Morgan fingerprint density at radius 3 is 2.08 bits per heavy atom. The molecule has 0 bridgehead atoms. The Labute approximate surface area is 232 Å². The zero-order chi connectivity index (χ0) is 28.9. The molecule has 1 amide bonds. The van der Waals surface area contributed by atoms with Crippen molar-refractivity contribution in [1.82, 2.24) is 5.32 Å². The van der Waals surface area contributed by atoms with Gasteiger partial charge in [0, 0.05) is 33.7 Å². The zero-order valence-corrected chi connectivity index (χ0v) is 21.9. The van der Waals surface area contributed by atoms with Crippen molar-refractivity contribution in [3.05, 3.63) is 106 Å². The number of ketones is 2. The van der Waals surface area contributed by atoms with Crippen LogP contribution in [0.5, 0.6) is 0 Å². The van der Waals surface area contributed by atoms with Crippen LogP contribution in [0.4, 0.5) is 13.2 Å². The minimum atomic E-state index is -4.45. The molecule has 10 heteroatoms. The van der Waals surface area contributed by atoms with Crippen LogP contribution in [0, 0.1) is 0 Å². The summed E-state index contributed by atoms with van der Waals surface area (Å²) in [6.45, 7) is -0.0436. The molecule has 0 spiro atoms. The maximum absolute atomic E-state index is 13.6. The monoisotopic (exact) mass is 567 g/mol. The summed E-state index contributed by atoms with van der Waals surface area (Å²) >= 11 is -0.281. The Balaban J connectivity index is 1.62. The molecule has 4 rings (SSSR count). The number of allylic oxidation sites excluding steroid dienone is 2. The van der Waals surface area contributed by atoms with Crippen LogP contribution in [-0.2, 0) is 17.6 Å². The number of halogens is 3. The first-order valence-corrected chi connectivity index (χ1v) is 13.2. The number of Topliss-reactive ketones (excluding diaryl/α,β-unsaturated/α-hetero) is 1. The fraction of sp³-hybridized carbons (Fsp3) is 0.200. The third kappa shape index (κ3) is 7.47. The summed E-state index contributed by atoms with van der Waals surface area (Å²) in [6, 6.07) is 16.3. The zero-order valence-electron chi connectivity index (χ0n) is 21.1. The molecule has 0 aliphatic heterocycles. The minimum absolute atomic E-state index is 0.0436. The van der Waals surface area contributed by atoms with E-state index in [2.05, 4.69) is 5.32 Å². The second-order valence-electron chi connectivity index (χ2n) is 9.14. The Hall–Kier alpha value is -4.18. The standard InChI is InChI=1S/C30H24F3NO5S/c31-30(32,33)40-24-12-10-19(11-13-24)26(35)17-25(23-9-4-18-2-1-3-22(18)16-23)28(38)20-5-7-21(8-6-20)29(39)34-15-14-27(36)37/h4-13,16-17H,1-3,14-15H2,(H,34,39)(H,36,37). The molecule has 0 fully saturated rings. The fourth-order valence-electron chi connectivity index (χ4n) is 4.37. The van der Waals surface area contributed by atoms with Crippen LogP contribution >= 0.6 is 11.8 Å². The largest absolute Gasteiger partial charge is 0.481 e. The predicted molar refractivity (Wildman–Crippen MR) is 144 cm³/mol. The van der Waals surface area contributed by atoms with E-state index in [9.17, 15) is 32.3 Å². The van der Waals surface area contributed by atoms with E-state index in [1.54, 1.807) is 6.07 Å². The lowest BCUT2D eigenvalue weighted by Gasteiger charge is -2.11. The van der Waals surface area contributed by atoms with Gasteiger partial charge in [-0.05, 0) is 90.2 Å². The third-order valence-electron chi connectivity index (χ3n) is 6.34. The number of thioether (sulfide) groups is 1. The number of aliphatic carboxylic acids is 1. The lowest BCUT2D eigenvalue weighted by molar-refractivity contribution is -0.136. The van der Waals surface area contributed by atoms with Crippen LogP contribution in [-0.4, -0.2) is 40.6 Å². The number of fused-ring (bicyclic) bond motifs is 1. The molecular weight excluding hydrogens is 543 g/mol. The van der Waals surface area contributed by atoms with Crippen LogP contribution in [0.25, 0.3) is 5.57 Å². The summed E-state index contributed by atoms with van der Waals surface area (Å²) in [5.41, 5.74) is -0.940. The first-order valence-electron chi connectivity index (χ1n) is 12.4. The van der Waals surface area contributed by atoms with E-state index in [-0.39, 0.29) is 51.9 Å². The van der Waals surface area contributed by atoms with Crippen LogP contribution in [0.1, 0.15) is 60.6 Å². The van der Waals surface area contributed by atoms with Crippen LogP contribution < -0.4 is 5.32 Å². The van der Waals surface area contributed by atoms with Crippen molar-refractivity contribution in [1.29, 1.82) is 0 Å². The van der Waals surface area contributed by atoms with Crippen molar-refractivity contribution in [3.8, 4) is 0 Å². The van der Waals surface area contributed by atoms with E-state index >= 15 is 0 Å². The van der Waals surface area contributed by atoms with Gasteiger partial charge in [-0.2, -0.15) is 13.2 Å². The minimum Gasteiger partial charge on any atom is -0.481 e. The Bertz CT molecular complexity index is 1480. The number of carboxylic acids is 1. The van der Waals surface area contributed by atoms with Crippen molar-refractivity contribution in [2.24, 2.45) is 0 Å².